The number of amides is 1. The summed E-state index contributed by atoms with van der Waals surface area (Å²) in [6, 6.07) is 6.61. The van der Waals surface area contributed by atoms with E-state index in [2.05, 4.69) is 28.4 Å². The van der Waals surface area contributed by atoms with Gasteiger partial charge in [0, 0.05) is 6.54 Å². The molecule has 0 bridgehead atoms. The fraction of sp³-hybridized carbons (Fsp3) is 0.500. The molecule has 1 aromatic carbocycles. The van der Waals surface area contributed by atoms with Crippen LogP contribution in [-0.4, -0.2) is 33.5 Å². The molecule has 0 saturated carbocycles. The molecule has 1 aromatic rings. The highest BCUT2D eigenvalue weighted by Crippen LogP contribution is 2.27. The summed E-state index contributed by atoms with van der Waals surface area (Å²) in [5.74, 6) is 0.123. The van der Waals surface area contributed by atoms with Crippen LogP contribution in [0.2, 0.25) is 0 Å². The lowest BCUT2D eigenvalue weighted by Gasteiger charge is -2.16. The van der Waals surface area contributed by atoms with E-state index in [1.807, 2.05) is 20.8 Å². The van der Waals surface area contributed by atoms with Crippen molar-refractivity contribution in [2.24, 2.45) is 10.2 Å². The average Bonchev–Trinajstić information content (AvgIpc) is 2.86. The molecule has 122 valence electrons. The van der Waals surface area contributed by atoms with Crippen molar-refractivity contribution in [3.05, 3.63) is 34.9 Å². The Bertz CT molecular complexity index is 681. The van der Waals surface area contributed by atoms with E-state index in [9.17, 15) is 4.79 Å². The highest BCUT2D eigenvalue weighted by Gasteiger charge is 2.33. The van der Waals surface area contributed by atoms with E-state index in [1.54, 1.807) is 4.90 Å². The Hall–Kier alpha value is -1.62. The number of carbonyl (C=O) groups is 1. The fourth-order valence-corrected chi connectivity index (χ4v) is 4.07. The first-order valence-electron chi connectivity index (χ1n) is 8.32. The maximum absolute atomic E-state index is 12.0. The summed E-state index contributed by atoms with van der Waals surface area (Å²) < 4.78 is 0. The molecular weight excluding hydrogens is 306 g/mol. The molecule has 1 atom stereocenters. The second kappa shape index (κ2) is 6.87. The van der Waals surface area contributed by atoms with Crippen LogP contribution in [0.1, 0.15) is 50.3 Å². The molecule has 1 aliphatic heterocycles. The smallest absolute Gasteiger partial charge is 0.241 e. The van der Waals surface area contributed by atoms with Gasteiger partial charge in [-0.05, 0) is 69.2 Å². The normalized spacial score (nSPS) is 23.5. The Balaban J connectivity index is 1.82. The highest BCUT2D eigenvalue weighted by molar-refractivity contribution is 8.15. The summed E-state index contributed by atoms with van der Waals surface area (Å²) in [5.41, 5.74) is 4.95. The molecule has 0 aromatic heterocycles. The zero-order chi connectivity index (χ0) is 16.4. The summed E-state index contributed by atoms with van der Waals surface area (Å²) in [7, 11) is 0. The fourth-order valence-electron chi connectivity index (χ4n) is 3.09. The van der Waals surface area contributed by atoms with Gasteiger partial charge in [-0.15, -0.1) is 5.10 Å². The van der Waals surface area contributed by atoms with Gasteiger partial charge in [0.05, 0.1) is 11.0 Å². The van der Waals surface area contributed by atoms with Crippen LogP contribution >= 0.6 is 11.8 Å². The van der Waals surface area contributed by atoms with Gasteiger partial charge in [-0.1, -0.05) is 23.9 Å². The predicted molar refractivity (Wildman–Crippen MR) is 97.2 cm³/mol. The topological polar surface area (TPSA) is 45.0 Å². The predicted octanol–water partition coefficient (Wildman–Crippen LogP) is 3.63. The van der Waals surface area contributed by atoms with Crippen LogP contribution < -0.4 is 0 Å². The van der Waals surface area contributed by atoms with Crippen LogP contribution in [0.25, 0.3) is 0 Å². The number of benzene rings is 1. The maximum Gasteiger partial charge on any atom is 0.241 e. The lowest BCUT2D eigenvalue weighted by Crippen LogP contribution is -2.30. The zero-order valence-electron chi connectivity index (χ0n) is 14.0. The van der Waals surface area contributed by atoms with Gasteiger partial charge in [-0.25, -0.2) is 0 Å². The largest absolute Gasteiger partial charge is 0.289 e. The number of hydrogen-bond acceptors (Lipinski definition) is 4. The minimum atomic E-state index is -0.0621. The van der Waals surface area contributed by atoms with Crippen LogP contribution in [0.4, 0.5) is 0 Å². The van der Waals surface area contributed by atoms with Crippen LogP contribution in [0, 0.1) is 0 Å². The molecule has 4 nitrogen and oxygen atoms in total. The van der Waals surface area contributed by atoms with Crippen LogP contribution in [0.3, 0.4) is 0 Å². The molecule has 3 rings (SSSR count). The van der Waals surface area contributed by atoms with Gasteiger partial charge < -0.3 is 0 Å². The number of nitrogens with zero attached hydrogens (tertiary/aromatic N) is 3. The van der Waals surface area contributed by atoms with E-state index in [1.165, 1.54) is 42.2 Å². The van der Waals surface area contributed by atoms with Crippen molar-refractivity contribution in [3.8, 4) is 0 Å². The molecule has 23 heavy (non-hydrogen) atoms. The molecular formula is C18H23N3OS. The van der Waals surface area contributed by atoms with Crippen molar-refractivity contribution in [3.63, 3.8) is 0 Å². The number of hydrogen-bond donors (Lipinski definition) is 0. The summed E-state index contributed by atoms with van der Waals surface area (Å²) in [4.78, 5) is 13.7. The van der Waals surface area contributed by atoms with Crippen molar-refractivity contribution in [2.75, 3.05) is 6.54 Å². The number of fused-ring (bicyclic) bond motifs is 1. The Morgan fingerprint density at radius 3 is 2.78 bits per heavy atom. The van der Waals surface area contributed by atoms with E-state index in [0.29, 0.717) is 11.7 Å². The molecule has 1 amide bonds. The summed E-state index contributed by atoms with van der Waals surface area (Å²) >= 11 is 1.49. The van der Waals surface area contributed by atoms with E-state index in [0.717, 1.165) is 17.7 Å². The first kappa shape index (κ1) is 16.2. The quantitative estimate of drug-likeness (QED) is 0.628. The van der Waals surface area contributed by atoms with Gasteiger partial charge in [-0.3, -0.25) is 9.69 Å². The summed E-state index contributed by atoms with van der Waals surface area (Å²) in [6.07, 6.45) is 4.92. The number of rotatable bonds is 3. The average molecular weight is 329 g/mol. The summed E-state index contributed by atoms with van der Waals surface area (Å²) in [5, 5.41) is 9.37. The van der Waals surface area contributed by atoms with Crippen LogP contribution in [-0.2, 0) is 17.6 Å². The molecule has 0 N–H and O–H groups in total. The number of aryl methyl sites for hydroxylation is 2. The molecule has 5 heteroatoms. The molecule has 1 unspecified atom stereocenters. The maximum atomic E-state index is 12.0. The Morgan fingerprint density at radius 1 is 1.30 bits per heavy atom. The second-order valence-corrected chi connectivity index (χ2v) is 7.41. The molecule has 1 heterocycles. The minimum absolute atomic E-state index is 0.0621. The van der Waals surface area contributed by atoms with Crippen molar-refractivity contribution in [2.45, 2.75) is 51.7 Å². The molecule has 0 radical (unpaired) electrons. The lowest BCUT2D eigenvalue weighted by atomic mass is 9.90. The van der Waals surface area contributed by atoms with E-state index in [4.69, 9.17) is 0 Å². The van der Waals surface area contributed by atoms with Gasteiger partial charge in [0.1, 0.15) is 0 Å². The standard InChI is InChI=1S/C18H23N3OS/c1-4-21-17(22)13(3)23-18(21)20-19-12(2)15-10-9-14-7-5-6-8-16(14)11-15/h9-11,13H,4-8H2,1-3H3/b19-12+,20-18-. The Labute approximate surface area is 142 Å². The van der Waals surface area contributed by atoms with Crippen molar-refractivity contribution >= 4 is 28.5 Å². The third-order valence-electron chi connectivity index (χ3n) is 4.49. The first-order valence-corrected chi connectivity index (χ1v) is 9.20. The first-order chi connectivity index (χ1) is 11.1. The number of thioether (sulfide) groups is 1. The number of amidine groups is 1. The van der Waals surface area contributed by atoms with Gasteiger partial charge >= 0.3 is 0 Å². The van der Waals surface area contributed by atoms with Crippen LogP contribution in [0.5, 0.6) is 0 Å². The SMILES string of the molecule is CCN1C(=O)C(C)S/C1=N\N=C(/C)c1ccc2c(c1)CCCC2. The lowest BCUT2D eigenvalue weighted by molar-refractivity contribution is -0.125. The Morgan fingerprint density at radius 2 is 2.04 bits per heavy atom. The van der Waals surface area contributed by atoms with Gasteiger partial charge in [0.15, 0.2) is 5.17 Å². The van der Waals surface area contributed by atoms with Crippen molar-refractivity contribution in [1.82, 2.24) is 4.90 Å². The Kier molecular flexibility index (Phi) is 4.85. The highest BCUT2D eigenvalue weighted by atomic mass is 32.2. The second-order valence-electron chi connectivity index (χ2n) is 6.10. The summed E-state index contributed by atoms with van der Waals surface area (Å²) in [6.45, 7) is 6.50. The molecule has 1 fully saturated rings. The van der Waals surface area contributed by atoms with Gasteiger partial charge in [0.2, 0.25) is 5.91 Å². The molecule has 0 spiro atoms. The van der Waals surface area contributed by atoms with E-state index < -0.39 is 0 Å². The molecule has 1 saturated heterocycles. The van der Waals surface area contributed by atoms with Gasteiger partial charge in [0.25, 0.3) is 0 Å². The van der Waals surface area contributed by atoms with Crippen molar-refractivity contribution in [1.29, 1.82) is 0 Å². The zero-order valence-corrected chi connectivity index (χ0v) is 14.8. The van der Waals surface area contributed by atoms with Crippen molar-refractivity contribution < 1.29 is 4.79 Å². The van der Waals surface area contributed by atoms with E-state index in [-0.39, 0.29) is 11.2 Å². The monoisotopic (exact) mass is 329 g/mol. The molecule has 1 aliphatic carbocycles. The number of carbonyl (C=O) groups excluding carboxylic acids is 1. The van der Waals surface area contributed by atoms with Crippen LogP contribution in [0.15, 0.2) is 28.4 Å². The molecule has 2 aliphatic rings. The van der Waals surface area contributed by atoms with E-state index >= 15 is 0 Å². The third-order valence-corrected chi connectivity index (χ3v) is 5.56. The minimum Gasteiger partial charge on any atom is -0.289 e. The third kappa shape index (κ3) is 3.34. The van der Waals surface area contributed by atoms with Gasteiger partial charge in [-0.2, -0.15) is 5.10 Å².